The molecule has 25 heavy (non-hydrogen) atoms. The Kier molecular flexibility index (Phi) is 4.77. The molecule has 1 amide bonds. The van der Waals surface area contributed by atoms with E-state index in [1.54, 1.807) is 0 Å². The van der Waals surface area contributed by atoms with Crippen molar-refractivity contribution in [1.82, 2.24) is 19.1 Å². The van der Waals surface area contributed by atoms with Gasteiger partial charge in [-0.05, 0) is 18.9 Å². The van der Waals surface area contributed by atoms with Gasteiger partial charge < -0.3 is 0 Å². The third kappa shape index (κ3) is 3.51. The van der Waals surface area contributed by atoms with Crippen LogP contribution in [0.2, 0.25) is 0 Å². The van der Waals surface area contributed by atoms with Crippen molar-refractivity contribution >= 4 is 15.9 Å². The monoisotopic (exact) mass is 382 g/mol. The number of hydroxylamine groups is 2. The minimum atomic E-state index is -5.48. The summed E-state index contributed by atoms with van der Waals surface area (Å²) in [5, 5.41) is 5.20. The zero-order valence-corrected chi connectivity index (χ0v) is 14.0. The van der Waals surface area contributed by atoms with Crippen molar-refractivity contribution in [3.05, 3.63) is 18.0 Å². The number of carbonyl (C=O) groups excluding carboxylic acids is 1. The molecule has 0 radical (unpaired) electrons. The number of halogens is 3. The molecule has 2 aliphatic rings. The van der Waals surface area contributed by atoms with Crippen molar-refractivity contribution in [3.8, 4) is 0 Å². The van der Waals surface area contributed by atoms with Crippen LogP contribution in [0, 0.1) is 0 Å². The van der Waals surface area contributed by atoms with Gasteiger partial charge in [0.05, 0.1) is 31.3 Å². The van der Waals surface area contributed by atoms with Gasteiger partial charge in [0.25, 0.3) is 0 Å². The summed E-state index contributed by atoms with van der Waals surface area (Å²) in [4.78, 5) is 17.6. The predicted octanol–water partition coefficient (Wildman–Crippen LogP) is 1.03. The van der Waals surface area contributed by atoms with Gasteiger partial charge in [0, 0.05) is 19.3 Å². The van der Waals surface area contributed by atoms with Crippen LogP contribution in [-0.2, 0) is 26.2 Å². The van der Waals surface area contributed by atoms with Gasteiger partial charge in [0.1, 0.15) is 0 Å². The third-order valence-electron chi connectivity index (χ3n) is 4.17. The lowest BCUT2D eigenvalue weighted by molar-refractivity contribution is -0.198. The smallest absolute Gasteiger partial charge is 0.273 e. The summed E-state index contributed by atoms with van der Waals surface area (Å²) in [6.45, 7) is -0.108. The Morgan fingerprint density at radius 3 is 2.76 bits per heavy atom. The lowest BCUT2D eigenvalue weighted by Crippen LogP contribution is -2.47. The van der Waals surface area contributed by atoms with Crippen LogP contribution >= 0.6 is 0 Å². The van der Waals surface area contributed by atoms with E-state index in [-0.39, 0.29) is 6.42 Å². The molecule has 0 aromatic carbocycles. The highest BCUT2D eigenvalue weighted by molar-refractivity contribution is 7.89. The Morgan fingerprint density at radius 1 is 1.36 bits per heavy atom. The number of hydrogen-bond acceptors (Lipinski definition) is 5. The molecule has 1 aromatic heterocycles. The molecule has 0 bridgehead atoms. The van der Waals surface area contributed by atoms with Gasteiger partial charge in [-0.25, -0.2) is 13.5 Å². The average molecular weight is 382 g/mol. The molecule has 2 aliphatic heterocycles. The van der Waals surface area contributed by atoms with E-state index in [0.717, 1.165) is 12.8 Å². The Bertz CT molecular complexity index is 743. The minimum absolute atomic E-state index is 0.196. The van der Waals surface area contributed by atoms with Crippen LogP contribution in [0.15, 0.2) is 12.3 Å². The molecule has 0 unspecified atom stereocenters. The molecule has 1 saturated heterocycles. The number of aromatic nitrogens is 2. The predicted molar refractivity (Wildman–Crippen MR) is 78.2 cm³/mol. The summed E-state index contributed by atoms with van der Waals surface area (Å²) in [5.74, 6) is -0.405. The van der Waals surface area contributed by atoms with Crippen molar-refractivity contribution in [2.24, 2.45) is 0 Å². The van der Waals surface area contributed by atoms with E-state index >= 15 is 0 Å². The molecule has 0 N–H and O–H groups in total. The lowest BCUT2D eigenvalue weighted by atomic mass is 10.1. The molecular weight excluding hydrogens is 365 g/mol. The molecule has 0 spiro atoms. The molecule has 1 aromatic rings. The lowest BCUT2D eigenvalue weighted by Gasteiger charge is -2.34. The van der Waals surface area contributed by atoms with Crippen LogP contribution in [0.4, 0.5) is 13.2 Å². The third-order valence-corrected chi connectivity index (χ3v) is 5.72. The highest BCUT2D eigenvalue weighted by Crippen LogP contribution is 2.33. The average Bonchev–Trinajstić information content (AvgIpc) is 3.03. The Morgan fingerprint density at radius 2 is 2.12 bits per heavy atom. The zero-order valence-electron chi connectivity index (χ0n) is 13.1. The molecule has 140 valence electrons. The standard InChI is InChI=1S/C13H17F3N4O4S/c14-13(15,16)25(22,23)18-8-10-3-4-17-20(10)11(9-18)7-12(21)19-5-1-2-6-24-19/h3-4,11H,1-2,5-9H2/t11-/m0/s1. The fourth-order valence-corrected chi connectivity index (χ4v) is 3.89. The summed E-state index contributed by atoms with van der Waals surface area (Å²) in [5.41, 5.74) is -5.09. The Balaban J connectivity index is 1.80. The van der Waals surface area contributed by atoms with Gasteiger partial charge >= 0.3 is 15.5 Å². The van der Waals surface area contributed by atoms with Crippen LogP contribution < -0.4 is 0 Å². The fraction of sp³-hybridized carbons (Fsp3) is 0.692. The number of fused-ring (bicyclic) bond motifs is 1. The molecule has 1 fully saturated rings. The van der Waals surface area contributed by atoms with E-state index in [1.165, 1.54) is 22.0 Å². The van der Waals surface area contributed by atoms with E-state index < -0.39 is 40.6 Å². The molecule has 0 saturated carbocycles. The first-order chi connectivity index (χ1) is 11.7. The topological polar surface area (TPSA) is 84.7 Å². The van der Waals surface area contributed by atoms with Crippen molar-refractivity contribution in [2.75, 3.05) is 19.7 Å². The largest absolute Gasteiger partial charge is 0.511 e. The van der Waals surface area contributed by atoms with Crippen LogP contribution in [0.25, 0.3) is 0 Å². The van der Waals surface area contributed by atoms with E-state index in [2.05, 4.69) is 5.10 Å². The second-order valence-corrected chi connectivity index (χ2v) is 7.83. The van der Waals surface area contributed by atoms with E-state index in [0.29, 0.717) is 23.2 Å². The SMILES string of the molecule is O=C(C[C@H]1CN(S(=O)(=O)C(F)(F)F)Cc2ccnn21)N1CCCCO1. The van der Waals surface area contributed by atoms with Crippen molar-refractivity contribution in [2.45, 2.75) is 37.4 Å². The molecule has 3 heterocycles. The van der Waals surface area contributed by atoms with Gasteiger partial charge in [-0.1, -0.05) is 0 Å². The zero-order chi connectivity index (χ0) is 18.2. The van der Waals surface area contributed by atoms with Gasteiger partial charge in [0.15, 0.2) is 0 Å². The number of carbonyl (C=O) groups is 1. The summed E-state index contributed by atoms with van der Waals surface area (Å²) in [6.07, 6.45) is 2.78. The highest BCUT2D eigenvalue weighted by atomic mass is 32.2. The van der Waals surface area contributed by atoms with Crippen LogP contribution in [-0.4, -0.2) is 58.7 Å². The van der Waals surface area contributed by atoms with Crippen LogP contribution in [0.5, 0.6) is 0 Å². The van der Waals surface area contributed by atoms with Crippen molar-refractivity contribution in [3.63, 3.8) is 0 Å². The maximum atomic E-state index is 12.9. The van der Waals surface area contributed by atoms with Crippen LogP contribution in [0.1, 0.15) is 31.0 Å². The maximum absolute atomic E-state index is 12.9. The molecule has 12 heteroatoms. The highest BCUT2D eigenvalue weighted by Gasteiger charge is 2.51. The number of rotatable bonds is 3. The van der Waals surface area contributed by atoms with Gasteiger partial charge in [0.2, 0.25) is 5.91 Å². The fourth-order valence-electron chi connectivity index (χ4n) is 2.93. The molecule has 3 rings (SSSR count). The normalized spacial score (nSPS) is 22.7. The molecule has 0 aliphatic carbocycles. The molecule has 8 nitrogen and oxygen atoms in total. The van der Waals surface area contributed by atoms with Gasteiger partial charge in [-0.15, -0.1) is 0 Å². The summed E-state index contributed by atoms with van der Waals surface area (Å²) < 4.78 is 63.8. The number of alkyl halides is 3. The first-order valence-corrected chi connectivity index (χ1v) is 9.16. The number of amides is 1. The molecular formula is C13H17F3N4O4S. The summed E-state index contributed by atoms with van der Waals surface area (Å²) >= 11 is 0. The summed E-state index contributed by atoms with van der Waals surface area (Å²) in [6, 6.07) is 0.612. The second kappa shape index (κ2) is 6.57. The van der Waals surface area contributed by atoms with E-state index in [4.69, 9.17) is 4.84 Å². The maximum Gasteiger partial charge on any atom is 0.511 e. The minimum Gasteiger partial charge on any atom is -0.273 e. The van der Waals surface area contributed by atoms with Crippen molar-refractivity contribution in [1.29, 1.82) is 0 Å². The van der Waals surface area contributed by atoms with Gasteiger partial charge in [-0.2, -0.15) is 22.6 Å². The Hall–Kier alpha value is -1.66. The quantitative estimate of drug-likeness (QED) is 0.780. The first-order valence-electron chi connectivity index (χ1n) is 7.72. The van der Waals surface area contributed by atoms with E-state index in [1.807, 2.05) is 0 Å². The van der Waals surface area contributed by atoms with Gasteiger partial charge in [-0.3, -0.25) is 14.3 Å². The van der Waals surface area contributed by atoms with E-state index in [9.17, 15) is 26.4 Å². The summed E-state index contributed by atoms with van der Waals surface area (Å²) in [7, 11) is -5.48. The molecule has 1 atom stereocenters. The number of nitrogens with zero attached hydrogens (tertiary/aromatic N) is 4. The number of sulfonamides is 1. The van der Waals surface area contributed by atoms with Crippen molar-refractivity contribution < 1.29 is 31.2 Å². The number of hydrogen-bond donors (Lipinski definition) is 0. The van der Waals surface area contributed by atoms with Crippen LogP contribution in [0.3, 0.4) is 0 Å². The second-order valence-electron chi connectivity index (χ2n) is 5.90. The Labute approximate surface area is 142 Å². The first kappa shape index (κ1) is 18.1.